The molecule has 0 unspecified atom stereocenters. The second-order valence-electron chi connectivity index (χ2n) is 7.36. The van der Waals surface area contributed by atoms with Crippen molar-refractivity contribution >= 4 is 57.4 Å². The Morgan fingerprint density at radius 1 is 0.972 bits per heavy atom. The molecule has 0 saturated heterocycles. The maximum atomic E-state index is 12.3. The molecular weight excluding hydrogens is 518 g/mol. The van der Waals surface area contributed by atoms with Crippen LogP contribution in [0.15, 0.2) is 78.0 Å². The Bertz CT molecular complexity index is 1120. The van der Waals surface area contributed by atoms with Crippen LogP contribution >= 0.6 is 34.0 Å². The quantitative estimate of drug-likeness (QED) is 0.0604. The third-order valence-electron chi connectivity index (χ3n) is 4.70. The van der Waals surface area contributed by atoms with Gasteiger partial charge in [0.1, 0.15) is 16.6 Å². The lowest BCUT2D eigenvalue weighted by Gasteiger charge is -2.09. The molecule has 36 heavy (non-hydrogen) atoms. The number of ether oxygens (including phenoxy) is 1. The highest BCUT2D eigenvalue weighted by molar-refractivity contribution is 8.76. The monoisotopic (exact) mass is 545 g/mol. The second-order valence-corrected chi connectivity index (χ2v) is 9.79. The van der Waals surface area contributed by atoms with E-state index < -0.39 is 5.97 Å². The molecule has 0 saturated carbocycles. The van der Waals surface area contributed by atoms with E-state index in [0.717, 1.165) is 22.9 Å². The van der Waals surface area contributed by atoms with E-state index >= 15 is 0 Å². The van der Waals surface area contributed by atoms with Crippen molar-refractivity contribution in [1.82, 2.24) is 10.3 Å². The highest BCUT2D eigenvalue weighted by Crippen LogP contribution is 2.29. The van der Waals surface area contributed by atoms with Gasteiger partial charge in [0, 0.05) is 42.7 Å². The van der Waals surface area contributed by atoms with E-state index in [2.05, 4.69) is 15.6 Å². The van der Waals surface area contributed by atoms with Crippen LogP contribution in [0, 0.1) is 5.41 Å². The maximum Gasteiger partial charge on any atom is 0.343 e. The van der Waals surface area contributed by atoms with Crippen LogP contribution in [0.5, 0.6) is 5.75 Å². The molecule has 8 nitrogen and oxygen atoms in total. The number of hydrogen-bond donors (Lipinski definition) is 4. The van der Waals surface area contributed by atoms with E-state index in [4.69, 9.17) is 15.9 Å². The number of anilines is 1. The summed E-state index contributed by atoms with van der Waals surface area (Å²) in [5.41, 5.74) is 7.29. The predicted octanol–water partition coefficient (Wildman–Crippen LogP) is 4.76. The molecule has 190 valence electrons. The zero-order valence-corrected chi connectivity index (χ0v) is 21.9. The van der Waals surface area contributed by atoms with Gasteiger partial charge in [-0.15, -0.1) is 12.4 Å². The van der Waals surface area contributed by atoms with Gasteiger partial charge in [0.2, 0.25) is 5.91 Å². The van der Waals surface area contributed by atoms with Crippen molar-refractivity contribution in [2.45, 2.75) is 17.9 Å². The summed E-state index contributed by atoms with van der Waals surface area (Å²) in [5, 5.41) is 14.5. The fraction of sp³-hybridized carbons (Fsp3) is 0.200. The largest absolute Gasteiger partial charge is 0.423 e. The molecule has 0 aliphatic carbocycles. The number of nitrogens with two attached hydrogens (primary N) is 1. The van der Waals surface area contributed by atoms with E-state index in [1.54, 1.807) is 64.2 Å². The molecule has 0 spiro atoms. The fourth-order valence-corrected chi connectivity index (χ4v) is 4.73. The summed E-state index contributed by atoms with van der Waals surface area (Å²) in [6, 6.07) is 19.2. The van der Waals surface area contributed by atoms with Crippen LogP contribution in [0.2, 0.25) is 0 Å². The molecule has 3 rings (SSSR count). The first-order chi connectivity index (χ1) is 17.0. The standard InChI is InChI=1S/C25H27N5O3S2.ClH/c26-24(27)18-7-11-21(12-8-18)33-25(32)19-5-9-20(10-6-19)28-15-3-16-29-22(31)13-17-34-35-23-4-1-2-14-30-23;/h1-2,4-12,14,28H,3,13,15-17H2,(H3,26,27)(H,29,31);1H. The van der Waals surface area contributed by atoms with Gasteiger partial charge in [0.15, 0.2) is 0 Å². The average Bonchev–Trinajstić information content (AvgIpc) is 2.87. The van der Waals surface area contributed by atoms with Gasteiger partial charge in [-0.3, -0.25) is 10.2 Å². The Labute approximate surface area is 224 Å². The Kier molecular flexibility index (Phi) is 12.7. The first-order valence-corrected chi connectivity index (χ1v) is 13.3. The van der Waals surface area contributed by atoms with Gasteiger partial charge in [-0.05, 0) is 77.9 Å². The lowest BCUT2D eigenvalue weighted by atomic mass is 10.2. The highest BCUT2D eigenvalue weighted by Gasteiger charge is 2.09. The minimum Gasteiger partial charge on any atom is -0.423 e. The van der Waals surface area contributed by atoms with Gasteiger partial charge in [-0.1, -0.05) is 16.9 Å². The molecule has 0 radical (unpaired) electrons. The van der Waals surface area contributed by atoms with Crippen molar-refractivity contribution < 1.29 is 14.3 Å². The lowest BCUT2D eigenvalue weighted by molar-refractivity contribution is -0.120. The number of benzene rings is 2. The van der Waals surface area contributed by atoms with Gasteiger partial charge >= 0.3 is 5.97 Å². The van der Waals surface area contributed by atoms with Crippen LogP contribution in [0.1, 0.15) is 28.8 Å². The third-order valence-corrected chi connectivity index (χ3v) is 6.96. The summed E-state index contributed by atoms with van der Waals surface area (Å²) < 4.78 is 5.35. The molecule has 1 amide bonds. The number of amides is 1. The maximum absolute atomic E-state index is 12.3. The number of nitrogens with one attached hydrogen (secondary N) is 3. The number of carbonyl (C=O) groups excluding carboxylic acids is 2. The number of amidine groups is 1. The summed E-state index contributed by atoms with van der Waals surface area (Å²) in [7, 11) is 3.19. The summed E-state index contributed by atoms with van der Waals surface area (Å²) in [5.74, 6) is 0.641. The molecule has 0 atom stereocenters. The number of aromatic nitrogens is 1. The van der Waals surface area contributed by atoms with Crippen molar-refractivity contribution in [3.8, 4) is 5.75 Å². The molecule has 0 bridgehead atoms. The van der Waals surface area contributed by atoms with E-state index in [1.165, 1.54) is 0 Å². The second kappa shape index (κ2) is 15.7. The average molecular weight is 546 g/mol. The van der Waals surface area contributed by atoms with E-state index in [-0.39, 0.29) is 24.1 Å². The molecule has 0 fully saturated rings. The van der Waals surface area contributed by atoms with Gasteiger partial charge < -0.3 is 21.1 Å². The minimum absolute atomic E-state index is 0. The van der Waals surface area contributed by atoms with Crippen molar-refractivity contribution in [2.24, 2.45) is 5.73 Å². The first kappa shape index (κ1) is 29.0. The highest BCUT2D eigenvalue weighted by atomic mass is 35.5. The number of carbonyl (C=O) groups is 2. The Morgan fingerprint density at radius 2 is 1.69 bits per heavy atom. The Balaban J connectivity index is 0.00000456. The summed E-state index contributed by atoms with van der Waals surface area (Å²) in [4.78, 5) is 28.5. The van der Waals surface area contributed by atoms with Crippen molar-refractivity contribution in [2.75, 3.05) is 24.2 Å². The van der Waals surface area contributed by atoms with Crippen LogP contribution in [0.25, 0.3) is 0 Å². The van der Waals surface area contributed by atoms with Crippen LogP contribution < -0.4 is 21.1 Å². The Morgan fingerprint density at radius 3 is 2.36 bits per heavy atom. The molecule has 1 heterocycles. The van der Waals surface area contributed by atoms with Crippen molar-refractivity contribution in [3.05, 3.63) is 84.1 Å². The number of pyridine rings is 1. The third kappa shape index (κ3) is 10.2. The van der Waals surface area contributed by atoms with E-state index in [9.17, 15) is 9.59 Å². The zero-order valence-electron chi connectivity index (χ0n) is 19.4. The summed E-state index contributed by atoms with van der Waals surface area (Å²) >= 11 is 0. The van der Waals surface area contributed by atoms with E-state index in [0.29, 0.717) is 36.4 Å². The summed E-state index contributed by atoms with van der Waals surface area (Å²) in [6.45, 7) is 1.29. The Hall–Kier alpha value is -3.21. The molecule has 0 aliphatic heterocycles. The molecule has 3 aromatic rings. The molecule has 2 aromatic carbocycles. The topological polar surface area (TPSA) is 130 Å². The SMILES string of the molecule is Cl.N=C(N)c1ccc(OC(=O)c2ccc(NCCCNC(=O)CCSSc3ccccn3)cc2)cc1. The van der Waals surface area contributed by atoms with Gasteiger partial charge in [0.25, 0.3) is 0 Å². The number of halogens is 1. The molecule has 11 heteroatoms. The van der Waals surface area contributed by atoms with Crippen LogP contribution in [0.4, 0.5) is 5.69 Å². The number of rotatable bonds is 13. The molecular formula is C25H28ClN5O3S2. The number of nitrogen functional groups attached to an aromatic ring is 1. The van der Waals surface area contributed by atoms with Crippen molar-refractivity contribution in [1.29, 1.82) is 5.41 Å². The molecule has 0 aliphatic rings. The lowest BCUT2D eigenvalue weighted by Crippen LogP contribution is -2.25. The van der Waals surface area contributed by atoms with Gasteiger partial charge in [-0.25, -0.2) is 9.78 Å². The van der Waals surface area contributed by atoms with Crippen LogP contribution in [-0.2, 0) is 4.79 Å². The van der Waals surface area contributed by atoms with Gasteiger partial charge in [0.05, 0.1) is 5.56 Å². The van der Waals surface area contributed by atoms with Gasteiger partial charge in [-0.2, -0.15) is 0 Å². The fourth-order valence-electron chi connectivity index (χ4n) is 2.86. The number of nitrogens with zero attached hydrogens (tertiary/aromatic N) is 1. The zero-order chi connectivity index (χ0) is 24.9. The normalized spacial score (nSPS) is 10.1. The van der Waals surface area contributed by atoms with Crippen LogP contribution in [0.3, 0.4) is 0 Å². The number of hydrogen-bond acceptors (Lipinski definition) is 8. The van der Waals surface area contributed by atoms with Crippen molar-refractivity contribution in [3.63, 3.8) is 0 Å². The first-order valence-electron chi connectivity index (χ1n) is 11.0. The number of esters is 1. The summed E-state index contributed by atoms with van der Waals surface area (Å²) in [6.07, 6.45) is 3.00. The predicted molar refractivity (Wildman–Crippen MR) is 149 cm³/mol. The van der Waals surface area contributed by atoms with E-state index in [1.807, 2.05) is 30.3 Å². The molecule has 1 aromatic heterocycles. The smallest absolute Gasteiger partial charge is 0.343 e. The minimum atomic E-state index is -0.466. The molecule has 5 N–H and O–H groups in total. The van der Waals surface area contributed by atoms with Crippen LogP contribution in [-0.4, -0.2) is 41.5 Å².